The highest BCUT2D eigenvalue weighted by atomic mass is 32.1. The highest BCUT2D eigenvalue weighted by molar-refractivity contribution is 7.21. The van der Waals surface area contributed by atoms with E-state index in [2.05, 4.69) is 39.5 Å². The van der Waals surface area contributed by atoms with Gasteiger partial charge in [0, 0.05) is 36.4 Å². The third-order valence-corrected chi connectivity index (χ3v) is 6.66. The number of nitrogens with one attached hydrogen (secondary N) is 1. The van der Waals surface area contributed by atoms with Crippen LogP contribution in [-0.4, -0.2) is 30.5 Å². The second kappa shape index (κ2) is 8.82. The fourth-order valence-electron chi connectivity index (χ4n) is 3.86. The summed E-state index contributed by atoms with van der Waals surface area (Å²) in [5.41, 5.74) is 10.2. The predicted octanol–water partition coefficient (Wildman–Crippen LogP) is 4.54. The first kappa shape index (κ1) is 19.7. The maximum atomic E-state index is 12.6. The Labute approximate surface area is 175 Å². The number of rotatable bonds is 5. The van der Waals surface area contributed by atoms with Crippen LogP contribution >= 0.6 is 11.3 Å². The summed E-state index contributed by atoms with van der Waals surface area (Å²) < 4.78 is 0. The Morgan fingerprint density at radius 3 is 2.55 bits per heavy atom. The van der Waals surface area contributed by atoms with Gasteiger partial charge in [-0.1, -0.05) is 25.0 Å². The molecule has 3 heterocycles. The average Bonchev–Trinajstić information content (AvgIpc) is 2.89. The molecule has 4 rings (SSSR count). The van der Waals surface area contributed by atoms with E-state index in [1.807, 2.05) is 19.1 Å². The van der Waals surface area contributed by atoms with Crippen molar-refractivity contribution < 1.29 is 4.79 Å². The quantitative estimate of drug-likeness (QED) is 0.650. The molecule has 0 atom stereocenters. The van der Waals surface area contributed by atoms with E-state index in [9.17, 15) is 4.79 Å². The van der Waals surface area contributed by atoms with Crippen molar-refractivity contribution in [3.05, 3.63) is 52.5 Å². The number of thiophene rings is 1. The summed E-state index contributed by atoms with van der Waals surface area (Å²) in [5, 5.41) is 3.86. The first-order chi connectivity index (χ1) is 14.1. The van der Waals surface area contributed by atoms with Crippen molar-refractivity contribution in [1.29, 1.82) is 0 Å². The molecular weight excluding hydrogens is 380 g/mol. The van der Waals surface area contributed by atoms with E-state index in [4.69, 9.17) is 5.73 Å². The number of benzene rings is 1. The molecule has 1 fully saturated rings. The number of anilines is 2. The van der Waals surface area contributed by atoms with Gasteiger partial charge in [-0.3, -0.25) is 4.79 Å². The van der Waals surface area contributed by atoms with Gasteiger partial charge < -0.3 is 16.0 Å². The van der Waals surface area contributed by atoms with E-state index in [0.717, 1.165) is 35.4 Å². The number of aromatic nitrogens is 1. The van der Waals surface area contributed by atoms with Crippen molar-refractivity contribution in [3.8, 4) is 0 Å². The van der Waals surface area contributed by atoms with E-state index in [0.29, 0.717) is 17.1 Å². The molecule has 1 aliphatic heterocycles. The van der Waals surface area contributed by atoms with Crippen LogP contribution in [0.3, 0.4) is 0 Å². The molecule has 3 N–H and O–H groups in total. The van der Waals surface area contributed by atoms with Crippen molar-refractivity contribution in [1.82, 2.24) is 10.3 Å². The minimum absolute atomic E-state index is 0.121. The van der Waals surface area contributed by atoms with Crippen molar-refractivity contribution in [2.45, 2.75) is 39.0 Å². The van der Waals surface area contributed by atoms with Crippen LogP contribution < -0.4 is 16.0 Å². The van der Waals surface area contributed by atoms with Crippen LogP contribution in [0.1, 0.15) is 46.6 Å². The molecule has 0 saturated carbocycles. The van der Waals surface area contributed by atoms with Gasteiger partial charge in [0.15, 0.2) is 0 Å². The lowest BCUT2D eigenvalue weighted by Crippen LogP contribution is -2.25. The van der Waals surface area contributed by atoms with Gasteiger partial charge in [-0.05, 0) is 56.0 Å². The third-order valence-electron chi connectivity index (χ3n) is 5.55. The van der Waals surface area contributed by atoms with Crippen LogP contribution in [0, 0.1) is 6.92 Å². The number of carbonyl (C=O) groups is 1. The SMILES string of the molecule is Cc1ccc2c(N)c(C(=O)NCCc3ccc(N4CCCCCC4)cc3)sc2n1. The number of aryl methyl sites for hydroxylation is 1. The number of pyridine rings is 1. The molecule has 1 saturated heterocycles. The van der Waals surface area contributed by atoms with E-state index in [-0.39, 0.29) is 5.91 Å². The van der Waals surface area contributed by atoms with Crippen molar-refractivity contribution in [2.24, 2.45) is 0 Å². The zero-order valence-corrected chi connectivity index (χ0v) is 17.7. The molecule has 6 heteroatoms. The van der Waals surface area contributed by atoms with Crippen LogP contribution in [0.25, 0.3) is 10.2 Å². The average molecular weight is 409 g/mol. The first-order valence-corrected chi connectivity index (χ1v) is 11.2. The minimum atomic E-state index is -0.121. The summed E-state index contributed by atoms with van der Waals surface area (Å²) in [7, 11) is 0. The lowest BCUT2D eigenvalue weighted by Gasteiger charge is -2.22. The summed E-state index contributed by atoms with van der Waals surface area (Å²) in [4.78, 5) is 20.9. The summed E-state index contributed by atoms with van der Waals surface area (Å²) in [5.74, 6) is -0.121. The summed E-state index contributed by atoms with van der Waals surface area (Å²) in [6.45, 7) is 4.83. The number of nitrogens with two attached hydrogens (primary N) is 1. The molecule has 29 heavy (non-hydrogen) atoms. The Bertz CT molecular complexity index is 988. The molecule has 3 aromatic rings. The summed E-state index contributed by atoms with van der Waals surface area (Å²) in [6, 6.07) is 12.6. The van der Waals surface area contributed by atoms with Crippen molar-refractivity contribution in [3.63, 3.8) is 0 Å². The number of nitrogen functional groups attached to an aromatic ring is 1. The molecule has 1 aromatic carbocycles. The number of hydrogen-bond acceptors (Lipinski definition) is 5. The smallest absolute Gasteiger partial charge is 0.263 e. The highest BCUT2D eigenvalue weighted by Crippen LogP contribution is 2.32. The van der Waals surface area contributed by atoms with Crippen LogP contribution in [0.2, 0.25) is 0 Å². The van der Waals surface area contributed by atoms with Crippen LogP contribution in [0.4, 0.5) is 11.4 Å². The Hall–Kier alpha value is -2.60. The Kier molecular flexibility index (Phi) is 6.00. The molecular formula is C23H28N4OS. The molecule has 1 aliphatic rings. The molecule has 2 aromatic heterocycles. The van der Waals surface area contributed by atoms with Gasteiger partial charge in [-0.15, -0.1) is 11.3 Å². The van der Waals surface area contributed by atoms with Crippen molar-refractivity contribution >= 4 is 38.8 Å². The summed E-state index contributed by atoms with van der Waals surface area (Å²) >= 11 is 1.36. The summed E-state index contributed by atoms with van der Waals surface area (Å²) in [6.07, 6.45) is 6.05. The Morgan fingerprint density at radius 1 is 1.10 bits per heavy atom. The maximum absolute atomic E-state index is 12.6. The Balaban J connectivity index is 1.34. The fraction of sp³-hybridized carbons (Fsp3) is 0.391. The van der Waals surface area contributed by atoms with Gasteiger partial charge in [-0.2, -0.15) is 0 Å². The van der Waals surface area contributed by atoms with Crippen LogP contribution in [0.15, 0.2) is 36.4 Å². The third kappa shape index (κ3) is 4.53. The standard InChI is InChI=1S/C23H28N4OS/c1-16-6-11-19-20(24)21(29-23(19)26-16)22(28)25-13-12-17-7-9-18(10-8-17)27-14-4-2-3-5-15-27/h6-11H,2-5,12-15,24H2,1H3,(H,25,28). The highest BCUT2D eigenvalue weighted by Gasteiger charge is 2.17. The monoisotopic (exact) mass is 408 g/mol. The van der Waals surface area contributed by atoms with Gasteiger partial charge in [0.25, 0.3) is 5.91 Å². The maximum Gasteiger partial charge on any atom is 0.263 e. The predicted molar refractivity (Wildman–Crippen MR) is 122 cm³/mol. The molecule has 0 spiro atoms. The van der Waals surface area contributed by atoms with Gasteiger partial charge >= 0.3 is 0 Å². The number of amides is 1. The molecule has 152 valence electrons. The normalized spacial score (nSPS) is 14.7. The number of nitrogens with zero attached hydrogens (tertiary/aromatic N) is 2. The minimum Gasteiger partial charge on any atom is -0.397 e. The van der Waals surface area contributed by atoms with Gasteiger partial charge in [0.2, 0.25) is 0 Å². The van der Waals surface area contributed by atoms with E-state index in [1.165, 1.54) is 48.3 Å². The lowest BCUT2D eigenvalue weighted by atomic mass is 10.1. The van der Waals surface area contributed by atoms with Gasteiger partial charge in [0.05, 0.1) is 5.69 Å². The van der Waals surface area contributed by atoms with Gasteiger partial charge in [0.1, 0.15) is 9.71 Å². The molecule has 0 aliphatic carbocycles. The largest absolute Gasteiger partial charge is 0.397 e. The first-order valence-electron chi connectivity index (χ1n) is 10.4. The number of hydrogen-bond donors (Lipinski definition) is 2. The lowest BCUT2D eigenvalue weighted by molar-refractivity contribution is 0.0959. The number of fused-ring (bicyclic) bond motifs is 1. The molecule has 5 nitrogen and oxygen atoms in total. The second-order valence-electron chi connectivity index (χ2n) is 7.72. The number of carbonyl (C=O) groups excluding carboxylic acids is 1. The van der Waals surface area contributed by atoms with Gasteiger partial charge in [-0.25, -0.2) is 4.98 Å². The molecule has 0 unspecified atom stereocenters. The van der Waals surface area contributed by atoms with E-state index < -0.39 is 0 Å². The van der Waals surface area contributed by atoms with Crippen molar-refractivity contribution in [2.75, 3.05) is 30.3 Å². The van der Waals surface area contributed by atoms with E-state index >= 15 is 0 Å². The Morgan fingerprint density at radius 2 is 1.83 bits per heavy atom. The fourth-order valence-corrected chi connectivity index (χ4v) is 4.92. The molecule has 1 amide bonds. The molecule has 0 radical (unpaired) electrons. The topological polar surface area (TPSA) is 71.2 Å². The van der Waals surface area contributed by atoms with Crippen LogP contribution in [-0.2, 0) is 6.42 Å². The zero-order valence-electron chi connectivity index (χ0n) is 16.9. The van der Waals surface area contributed by atoms with Crippen LogP contribution in [0.5, 0.6) is 0 Å². The van der Waals surface area contributed by atoms with E-state index in [1.54, 1.807) is 0 Å². The second-order valence-corrected chi connectivity index (χ2v) is 8.72. The molecule has 0 bridgehead atoms. The zero-order chi connectivity index (χ0) is 20.2.